The number of carbonyl (C=O) groups excluding carboxylic acids is 1. The van der Waals surface area contributed by atoms with Crippen molar-refractivity contribution in [1.29, 1.82) is 0 Å². The molecule has 1 aliphatic heterocycles. The first-order valence-corrected chi connectivity index (χ1v) is 12.2. The number of aryl methyl sites for hydroxylation is 2. The van der Waals surface area contributed by atoms with Crippen LogP contribution in [0.3, 0.4) is 0 Å². The Bertz CT molecular complexity index is 1020. The molecule has 2 aromatic rings. The van der Waals surface area contributed by atoms with E-state index in [1.807, 2.05) is 32.9 Å². The Morgan fingerprint density at radius 2 is 2.00 bits per heavy atom. The first kappa shape index (κ1) is 22.8. The predicted octanol–water partition coefficient (Wildman–Crippen LogP) is 4.38. The van der Waals surface area contributed by atoms with Gasteiger partial charge in [-0.1, -0.05) is 47.5 Å². The first-order chi connectivity index (χ1) is 14.2. The van der Waals surface area contributed by atoms with Crippen LogP contribution in [-0.2, 0) is 20.6 Å². The van der Waals surface area contributed by atoms with Crippen molar-refractivity contribution in [3.63, 3.8) is 0 Å². The summed E-state index contributed by atoms with van der Waals surface area (Å²) < 4.78 is 27.3. The summed E-state index contributed by atoms with van der Waals surface area (Å²) in [6.45, 7) is 6.70. The maximum atomic E-state index is 12.9. The van der Waals surface area contributed by atoms with Gasteiger partial charge < -0.3 is 5.32 Å². The molecule has 0 aromatic heterocycles. The third-order valence-electron chi connectivity index (χ3n) is 5.64. The highest BCUT2D eigenvalue weighted by atomic mass is 35.5. The van der Waals surface area contributed by atoms with Crippen LogP contribution in [0.4, 0.5) is 0 Å². The van der Waals surface area contributed by atoms with Crippen LogP contribution < -0.4 is 5.32 Å². The lowest BCUT2D eigenvalue weighted by molar-refractivity contribution is -0.126. The Kier molecular flexibility index (Phi) is 7.22. The lowest BCUT2D eigenvalue weighted by atomic mass is 9.96. The van der Waals surface area contributed by atoms with Crippen molar-refractivity contribution in [1.82, 2.24) is 9.62 Å². The van der Waals surface area contributed by atoms with Crippen LogP contribution in [-0.4, -0.2) is 31.7 Å². The molecule has 3 rings (SSSR count). The number of nitrogens with zero attached hydrogens (tertiary/aromatic N) is 1. The van der Waals surface area contributed by atoms with E-state index in [4.69, 9.17) is 11.6 Å². The predicted molar refractivity (Wildman–Crippen MR) is 121 cm³/mol. The molecule has 1 amide bonds. The highest BCUT2D eigenvalue weighted by Crippen LogP contribution is 2.24. The highest BCUT2D eigenvalue weighted by molar-refractivity contribution is 7.88. The molecular formula is C23H29ClN2O3S. The van der Waals surface area contributed by atoms with Crippen LogP contribution in [0.15, 0.2) is 42.5 Å². The number of hydrogen-bond acceptors (Lipinski definition) is 3. The van der Waals surface area contributed by atoms with E-state index in [1.54, 1.807) is 24.3 Å². The molecule has 1 aliphatic rings. The Labute approximate surface area is 184 Å². The topological polar surface area (TPSA) is 66.5 Å². The van der Waals surface area contributed by atoms with E-state index in [9.17, 15) is 13.2 Å². The molecule has 1 heterocycles. The maximum absolute atomic E-state index is 12.9. The van der Waals surface area contributed by atoms with E-state index in [1.165, 1.54) is 9.87 Å². The van der Waals surface area contributed by atoms with Gasteiger partial charge in [0.25, 0.3) is 0 Å². The van der Waals surface area contributed by atoms with Gasteiger partial charge in [-0.2, -0.15) is 0 Å². The van der Waals surface area contributed by atoms with Gasteiger partial charge in [-0.3, -0.25) is 4.79 Å². The van der Waals surface area contributed by atoms with Crippen molar-refractivity contribution in [2.45, 2.75) is 45.4 Å². The first-order valence-electron chi connectivity index (χ1n) is 10.3. The summed E-state index contributed by atoms with van der Waals surface area (Å²) in [6.07, 6.45) is 1.36. The van der Waals surface area contributed by atoms with Gasteiger partial charge >= 0.3 is 0 Å². The van der Waals surface area contributed by atoms with E-state index in [0.29, 0.717) is 30.0 Å². The number of rotatable bonds is 6. The van der Waals surface area contributed by atoms with Crippen LogP contribution in [0.25, 0.3) is 0 Å². The van der Waals surface area contributed by atoms with Gasteiger partial charge in [0.1, 0.15) is 0 Å². The fourth-order valence-electron chi connectivity index (χ4n) is 4.06. The van der Waals surface area contributed by atoms with E-state index < -0.39 is 10.0 Å². The molecule has 0 bridgehead atoms. The summed E-state index contributed by atoms with van der Waals surface area (Å²) in [5, 5.41) is 3.59. The van der Waals surface area contributed by atoms with Crippen molar-refractivity contribution in [2.24, 2.45) is 5.92 Å². The van der Waals surface area contributed by atoms with Crippen LogP contribution in [0.5, 0.6) is 0 Å². The normalized spacial score (nSPS) is 18.7. The molecule has 1 fully saturated rings. The number of amides is 1. The van der Waals surface area contributed by atoms with Crippen molar-refractivity contribution >= 4 is 27.5 Å². The smallest absolute Gasteiger partial charge is 0.224 e. The third-order valence-corrected chi connectivity index (χ3v) is 7.69. The summed E-state index contributed by atoms with van der Waals surface area (Å²) >= 11 is 5.98. The third kappa shape index (κ3) is 5.62. The summed E-state index contributed by atoms with van der Waals surface area (Å²) in [4.78, 5) is 12.9. The largest absolute Gasteiger partial charge is 0.349 e. The second-order valence-corrected chi connectivity index (χ2v) is 10.6. The molecule has 1 N–H and O–H groups in total. The van der Waals surface area contributed by atoms with E-state index in [0.717, 1.165) is 11.1 Å². The maximum Gasteiger partial charge on any atom is 0.224 e. The van der Waals surface area contributed by atoms with Crippen molar-refractivity contribution in [3.05, 3.63) is 69.7 Å². The zero-order valence-electron chi connectivity index (χ0n) is 17.7. The highest BCUT2D eigenvalue weighted by Gasteiger charge is 2.33. The van der Waals surface area contributed by atoms with Crippen LogP contribution in [0.2, 0.25) is 5.02 Å². The number of nitrogens with one attached hydrogen (secondary N) is 1. The van der Waals surface area contributed by atoms with Crippen LogP contribution >= 0.6 is 11.6 Å². The molecule has 162 valence electrons. The average Bonchev–Trinajstić information content (AvgIpc) is 2.67. The van der Waals surface area contributed by atoms with Gasteiger partial charge in [0, 0.05) is 18.1 Å². The van der Waals surface area contributed by atoms with Crippen LogP contribution in [0, 0.1) is 19.8 Å². The fourth-order valence-corrected chi connectivity index (χ4v) is 5.87. The SMILES string of the molecule is Cc1ccc([C@H](C)NC(=O)[C@@H]2CCCN(S(=O)(=O)Cc3cccc(Cl)c3)C2)c(C)c1. The Hall–Kier alpha value is -1.89. The minimum Gasteiger partial charge on any atom is -0.349 e. The molecular weight excluding hydrogens is 420 g/mol. The summed E-state index contributed by atoms with van der Waals surface area (Å²) in [5.74, 6) is -0.549. The van der Waals surface area contributed by atoms with Crippen molar-refractivity contribution in [3.8, 4) is 0 Å². The van der Waals surface area contributed by atoms with E-state index in [-0.39, 0.29) is 30.2 Å². The molecule has 0 saturated carbocycles. The molecule has 0 aliphatic carbocycles. The quantitative estimate of drug-likeness (QED) is 0.713. The Morgan fingerprint density at radius 3 is 2.70 bits per heavy atom. The number of halogens is 1. The average molecular weight is 449 g/mol. The van der Waals surface area contributed by atoms with Gasteiger partial charge in [-0.15, -0.1) is 0 Å². The Morgan fingerprint density at radius 1 is 1.23 bits per heavy atom. The summed E-state index contributed by atoms with van der Waals surface area (Å²) in [5.41, 5.74) is 4.05. The molecule has 1 saturated heterocycles. The molecule has 30 heavy (non-hydrogen) atoms. The van der Waals surface area contributed by atoms with E-state index >= 15 is 0 Å². The number of piperidine rings is 1. The van der Waals surface area contributed by atoms with Gasteiger partial charge in [0.05, 0.1) is 17.7 Å². The molecule has 2 atom stereocenters. The lowest BCUT2D eigenvalue weighted by Crippen LogP contribution is -2.46. The molecule has 0 spiro atoms. The summed E-state index contributed by atoms with van der Waals surface area (Å²) in [6, 6.07) is 12.9. The van der Waals surface area contributed by atoms with Gasteiger partial charge in [-0.25, -0.2) is 12.7 Å². The van der Waals surface area contributed by atoms with Crippen molar-refractivity contribution in [2.75, 3.05) is 13.1 Å². The van der Waals surface area contributed by atoms with Gasteiger partial charge in [0.15, 0.2) is 0 Å². The standard InChI is InChI=1S/C23H29ClN2O3S/c1-16-9-10-22(17(2)12-16)18(3)25-23(27)20-7-5-11-26(14-20)30(28,29)15-19-6-4-8-21(24)13-19/h4,6,8-10,12-13,18,20H,5,7,11,14-15H2,1-3H3,(H,25,27)/t18-,20+/m0/s1. The van der Waals surface area contributed by atoms with Gasteiger partial charge in [-0.05, 0) is 62.4 Å². The van der Waals surface area contributed by atoms with Crippen LogP contribution in [0.1, 0.15) is 48.1 Å². The second kappa shape index (κ2) is 9.50. The minimum atomic E-state index is -3.52. The molecule has 5 nitrogen and oxygen atoms in total. The zero-order valence-corrected chi connectivity index (χ0v) is 19.3. The molecule has 0 radical (unpaired) electrons. The zero-order chi connectivity index (χ0) is 21.9. The molecule has 0 unspecified atom stereocenters. The molecule has 7 heteroatoms. The number of sulfonamides is 1. The fraction of sp³-hybridized carbons (Fsp3) is 0.435. The minimum absolute atomic E-state index is 0.0925. The second-order valence-electron chi connectivity index (χ2n) is 8.17. The van der Waals surface area contributed by atoms with Gasteiger partial charge in [0.2, 0.25) is 15.9 Å². The Balaban J connectivity index is 1.65. The number of benzene rings is 2. The summed E-state index contributed by atoms with van der Waals surface area (Å²) in [7, 11) is -3.52. The monoisotopic (exact) mass is 448 g/mol. The lowest BCUT2D eigenvalue weighted by Gasteiger charge is -2.32. The van der Waals surface area contributed by atoms with Crippen molar-refractivity contribution < 1.29 is 13.2 Å². The number of hydrogen-bond donors (Lipinski definition) is 1. The van der Waals surface area contributed by atoms with E-state index in [2.05, 4.69) is 11.4 Å². The number of carbonyl (C=O) groups is 1. The molecule has 2 aromatic carbocycles.